The van der Waals surface area contributed by atoms with Crippen LogP contribution in [0.4, 0.5) is 10.1 Å². The maximum atomic E-state index is 13.5. The van der Waals surface area contributed by atoms with Crippen molar-refractivity contribution in [2.24, 2.45) is 0 Å². The Morgan fingerprint density at radius 2 is 2.10 bits per heavy atom. The number of hydrogen-bond acceptors (Lipinski definition) is 4. The molecule has 0 radical (unpaired) electrons. The van der Waals surface area contributed by atoms with Crippen LogP contribution in [-0.2, 0) is 17.8 Å². The lowest BCUT2D eigenvalue weighted by molar-refractivity contribution is -0.116. The Labute approximate surface area is 170 Å². The van der Waals surface area contributed by atoms with E-state index in [2.05, 4.69) is 16.6 Å². The first kappa shape index (κ1) is 20.1. The van der Waals surface area contributed by atoms with Crippen molar-refractivity contribution in [2.45, 2.75) is 19.4 Å². The fourth-order valence-electron chi connectivity index (χ4n) is 3.20. The molecule has 0 unspecified atom stereocenters. The summed E-state index contributed by atoms with van der Waals surface area (Å²) in [6.07, 6.45) is 6.23. The SMILES string of the molecule is C#CCNC(=O)C(=O)c1c(Cl)c(C(=O)Nc2ccc(F)c(C#N)c2)n2c1CCC2. The molecule has 7 nitrogen and oxygen atoms in total. The van der Waals surface area contributed by atoms with E-state index in [9.17, 15) is 18.8 Å². The number of rotatable bonds is 5. The zero-order valence-electron chi connectivity index (χ0n) is 15.0. The van der Waals surface area contributed by atoms with Gasteiger partial charge in [-0.05, 0) is 31.0 Å². The van der Waals surface area contributed by atoms with E-state index in [0.717, 1.165) is 6.07 Å². The molecular weight excluding hydrogens is 399 g/mol. The Hall–Kier alpha value is -3.62. The summed E-state index contributed by atoms with van der Waals surface area (Å²) < 4.78 is 15.1. The van der Waals surface area contributed by atoms with Crippen molar-refractivity contribution in [1.29, 1.82) is 5.26 Å². The summed E-state index contributed by atoms with van der Waals surface area (Å²) in [5.74, 6) is -0.932. The Morgan fingerprint density at radius 1 is 1.34 bits per heavy atom. The second-order valence-electron chi connectivity index (χ2n) is 6.22. The first-order chi connectivity index (χ1) is 13.9. The molecule has 0 saturated heterocycles. The number of hydrogen-bond donors (Lipinski definition) is 2. The van der Waals surface area contributed by atoms with Crippen LogP contribution in [0.15, 0.2) is 18.2 Å². The number of carbonyl (C=O) groups excluding carboxylic acids is 3. The zero-order valence-corrected chi connectivity index (χ0v) is 15.8. The van der Waals surface area contributed by atoms with Gasteiger partial charge in [-0.25, -0.2) is 4.39 Å². The quantitative estimate of drug-likeness (QED) is 0.446. The topological polar surface area (TPSA) is 104 Å². The van der Waals surface area contributed by atoms with Crippen LogP contribution >= 0.6 is 11.6 Å². The number of benzene rings is 1. The third-order valence-electron chi connectivity index (χ3n) is 4.45. The summed E-state index contributed by atoms with van der Waals surface area (Å²) in [6.45, 7) is 0.335. The first-order valence-electron chi connectivity index (χ1n) is 8.56. The summed E-state index contributed by atoms with van der Waals surface area (Å²) in [5.41, 5.74) is 0.459. The number of ketones is 1. The third-order valence-corrected chi connectivity index (χ3v) is 4.82. The number of nitriles is 1. The van der Waals surface area contributed by atoms with E-state index < -0.39 is 23.4 Å². The molecule has 9 heteroatoms. The van der Waals surface area contributed by atoms with Gasteiger partial charge in [0, 0.05) is 17.9 Å². The highest BCUT2D eigenvalue weighted by Crippen LogP contribution is 2.34. The monoisotopic (exact) mass is 412 g/mol. The van der Waals surface area contributed by atoms with Gasteiger partial charge in [0.25, 0.3) is 17.6 Å². The van der Waals surface area contributed by atoms with Crippen LogP contribution in [0.2, 0.25) is 5.02 Å². The molecular formula is C20H14ClFN4O3. The van der Waals surface area contributed by atoms with Gasteiger partial charge in [0.2, 0.25) is 0 Å². The Morgan fingerprint density at radius 3 is 2.79 bits per heavy atom. The van der Waals surface area contributed by atoms with Crippen molar-refractivity contribution in [3.63, 3.8) is 0 Å². The number of nitrogens with one attached hydrogen (secondary N) is 2. The van der Waals surface area contributed by atoms with Crippen molar-refractivity contribution >= 4 is 34.9 Å². The number of Topliss-reactive ketones (excluding diaryl/α,β-unsaturated/α-hetero) is 1. The van der Waals surface area contributed by atoms with Gasteiger partial charge < -0.3 is 15.2 Å². The Balaban J connectivity index is 1.96. The second-order valence-corrected chi connectivity index (χ2v) is 6.59. The number of halogens is 2. The molecule has 0 atom stereocenters. The van der Waals surface area contributed by atoms with Crippen LogP contribution in [0.5, 0.6) is 0 Å². The molecule has 0 fully saturated rings. The first-order valence-corrected chi connectivity index (χ1v) is 8.94. The number of anilines is 1. The van der Waals surface area contributed by atoms with Gasteiger partial charge in [-0.1, -0.05) is 17.5 Å². The Bertz CT molecular complexity index is 1120. The lowest BCUT2D eigenvalue weighted by Gasteiger charge is -2.09. The highest BCUT2D eigenvalue weighted by Gasteiger charge is 2.34. The highest BCUT2D eigenvalue weighted by atomic mass is 35.5. The van der Waals surface area contributed by atoms with E-state index in [0.29, 0.717) is 25.1 Å². The molecule has 0 saturated carbocycles. The molecule has 29 heavy (non-hydrogen) atoms. The minimum absolute atomic E-state index is 0.0232. The molecule has 2 N–H and O–H groups in total. The van der Waals surface area contributed by atoms with E-state index in [1.165, 1.54) is 12.1 Å². The van der Waals surface area contributed by atoms with E-state index in [1.807, 2.05) is 0 Å². The molecule has 3 rings (SSSR count). The summed E-state index contributed by atoms with van der Waals surface area (Å²) in [4.78, 5) is 37.4. The van der Waals surface area contributed by atoms with Gasteiger partial charge >= 0.3 is 0 Å². The van der Waals surface area contributed by atoms with Crippen LogP contribution in [0.3, 0.4) is 0 Å². The lowest BCUT2D eigenvalue weighted by Crippen LogP contribution is -2.31. The lowest BCUT2D eigenvalue weighted by atomic mass is 10.1. The molecule has 0 spiro atoms. The van der Waals surface area contributed by atoms with Crippen molar-refractivity contribution in [1.82, 2.24) is 9.88 Å². The largest absolute Gasteiger partial charge is 0.339 e. The fourth-order valence-corrected chi connectivity index (χ4v) is 3.58. The molecule has 1 aliphatic heterocycles. The van der Waals surface area contributed by atoms with E-state index in [-0.39, 0.29) is 34.1 Å². The maximum absolute atomic E-state index is 13.5. The smallest absolute Gasteiger partial charge is 0.293 e. The summed E-state index contributed by atoms with van der Waals surface area (Å²) >= 11 is 6.33. The molecule has 2 aromatic rings. The van der Waals surface area contributed by atoms with Crippen LogP contribution in [0, 0.1) is 29.5 Å². The van der Waals surface area contributed by atoms with Crippen molar-refractivity contribution in [3.8, 4) is 18.4 Å². The number of carbonyl (C=O) groups is 3. The molecule has 0 bridgehead atoms. The molecule has 0 aliphatic carbocycles. The van der Waals surface area contributed by atoms with Crippen molar-refractivity contribution in [2.75, 3.05) is 11.9 Å². The molecule has 2 amide bonds. The summed E-state index contributed by atoms with van der Waals surface area (Å²) in [6, 6.07) is 5.24. The van der Waals surface area contributed by atoms with Crippen LogP contribution in [0.25, 0.3) is 0 Å². The van der Waals surface area contributed by atoms with Gasteiger partial charge in [-0.2, -0.15) is 5.26 Å². The van der Waals surface area contributed by atoms with E-state index in [4.69, 9.17) is 23.3 Å². The molecule has 1 aromatic heterocycles. The standard InChI is InChI=1S/C20H14ClFN4O3/c1-2-7-24-20(29)18(27)15-14-4-3-8-26(14)17(16(15)21)19(28)25-12-5-6-13(22)11(9-12)10-23/h1,5-6,9H,3-4,7-8H2,(H,24,29)(H,25,28). The van der Waals surface area contributed by atoms with Gasteiger partial charge in [-0.3, -0.25) is 14.4 Å². The molecule has 146 valence electrons. The molecule has 1 aliphatic rings. The van der Waals surface area contributed by atoms with Crippen LogP contribution in [-0.4, -0.2) is 28.7 Å². The van der Waals surface area contributed by atoms with Crippen molar-refractivity contribution in [3.05, 3.63) is 51.6 Å². The highest BCUT2D eigenvalue weighted by molar-refractivity contribution is 6.48. The average molecular weight is 413 g/mol. The predicted molar refractivity (Wildman–Crippen MR) is 103 cm³/mol. The van der Waals surface area contributed by atoms with Crippen LogP contribution in [0.1, 0.15) is 38.5 Å². The number of fused-ring (bicyclic) bond motifs is 1. The fraction of sp³-hybridized carbons (Fsp3) is 0.200. The van der Waals surface area contributed by atoms with Gasteiger partial charge in [0.15, 0.2) is 0 Å². The van der Waals surface area contributed by atoms with Crippen molar-refractivity contribution < 1.29 is 18.8 Å². The third kappa shape index (κ3) is 3.71. The van der Waals surface area contributed by atoms with E-state index in [1.54, 1.807) is 10.6 Å². The average Bonchev–Trinajstić information content (AvgIpc) is 3.26. The second kappa shape index (κ2) is 8.17. The Kier molecular flexibility index (Phi) is 5.67. The maximum Gasteiger partial charge on any atom is 0.293 e. The minimum atomic E-state index is -0.908. The van der Waals surface area contributed by atoms with Crippen LogP contribution < -0.4 is 10.6 Å². The summed E-state index contributed by atoms with van der Waals surface area (Å²) in [7, 11) is 0. The van der Waals surface area contributed by atoms with Gasteiger partial charge in [0.1, 0.15) is 17.6 Å². The van der Waals surface area contributed by atoms with Gasteiger partial charge in [0.05, 0.1) is 22.7 Å². The predicted octanol–water partition coefficient (Wildman–Crippen LogP) is 2.28. The number of amides is 2. The number of aromatic nitrogens is 1. The van der Waals surface area contributed by atoms with Gasteiger partial charge in [-0.15, -0.1) is 6.42 Å². The molecule has 2 heterocycles. The van der Waals surface area contributed by atoms with E-state index >= 15 is 0 Å². The number of terminal acetylenes is 1. The normalized spacial score (nSPS) is 11.9. The summed E-state index contributed by atoms with van der Waals surface area (Å²) in [5, 5.41) is 13.6. The molecule has 1 aromatic carbocycles. The zero-order chi connectivity index (χ0) is 21.1. The number of nitrogens with zero attached hydrogens (tertiary/aromatic N) is 2. The minimum Gasteiger partial charge on any atom is -0.339 e.